The summed E-state index contributed by atoms with van der Waals surface area (Å²) in [4.78, 5) is 15.8. The van der Waals surface area contributed by atoms with Gasteiger partial charge in [-0.15, -0.1) is 0 Å². The molecule has 3 heteroatoms. The van der Waals surface area contributed by atoms with Crippen LogP contribution in [0.3, 0.4) is 0 Å². The molecule has 1 aromatic carbocycles. The monoisotopic (exact) mass is 243 g/mol. The molecule has 0 saturated heterocycles. The third kappa shape index (κ3) is 2.45. The second-order valence-electron chi connectivity index (χ2n) is 4.44. The number of benzene rings is 1. The molecule has 0 unspecified atom stereocenters. The maximum atomic E-state index is 13.4. The van der Waals surface area contributed by atoms with Crippen LogP contribution in [0.1, 0.15) is 41.4 Å². The molecule has 0 aliphatic heterocycles. The van der Waals surface area contributed by atoms with Crippen molar-refractivity contribution < 1.29 is 9.18 Å². The highest BCUT2D eigenvalue weighted by Gasteiger charge is 2.15. The molecular formula is C15H14FNO. The standard InChI is InChI=1S/C15H14FNO/c1-10(2)11-5-7-12(8-6-11)15(18)14-13(16)4-3-9-17-14/h3-10H,1-2H3. The molecule has 0 N–H and O–H groups in total. The van der Waals surface area contributed by atoms with Gasteiger partial charge in [0.05, 0.1) is 0 Å². The molecule has 2 aromatic rings. The molecule has 92 valence electrons. The van der Waals surface area contributed by atoms with Crippen LogP contribution >= 0.6 is 0 Å². The summed E-state index contributed by atoms with van der Waals surface area (Å²) in [5.41, 5.74) is 1.47. The normalized spacial score (nSPS) is 10.7. The van der Waals surface area contributed by atoms with Gasteiger partial charge in [-0.3, -0.25) is 4.79 Å². The zero-order valence-corrected chi connectivity index (χ0v) is 10.4. The van der Waals surface area contributed by atoms with Crippen LogP contribution in [0.2, 0.25) is 0 Å². The molecule has 0 atom stereocenters. The van der Waals surface area contributed by atoms with Crippen molar-refractivity contribution in [2.24, 2.45) is 0 Å². The largest absolute Gasteiger partial charge is 0.287 e. The molecule has 0 saturated carbocycles. The predicted octanol–water partition coefficient (Wildman–Crippen LogP) is 3.58. The van der Waals surface area contributed by atoms with E-state index in [2.05, 4.69) is 18.8 Å². The van der Waals surface area contributed by atoms with Gasteiger partial charge in [0.2, 0.25) is 5.78 Å². The second kappa shape index (κ2) is 5.08. The van der Waals surface area contributed by atoms with E-state index in [-0.39, 0.29) is 11.5 Å². The quantitative estimate of drug-likeness (QED) is 0.771. The number of nitrogens with zero attached hydrogens (tertiary/aromatic N) is 1. The van der Waals surface area contributed by atoms with Gasteiger partial charge in [0.1, 0.15) is 5.69 Å². The van der Waals surface area contributed by atoms with Gasteiger partial charge in [-0.2, -0.15) is 0 Å². The fourth-order valence-electron chi connectivity index (χ4n) is 1.71. The second-order valence-corrected chi connectivity index (χ2v) is 4.44. The number of ketones is 1. The van der Waals surface area contributed by atoms with Crippen LogP contribution in [0.4, 0.5) is 4.39 Å². The van der Waals surface area contributed by atoms with Crippen molar-refractivity contribution in [2.45, 2.75) is 19.8 Å². The molecule has 0 aliphatic rings. The van der Waals surface area contributed by atoms with Crippen LogP contribution in [0.5, 0.6) is 0 Å². The number of pyridine rings is 1. The fourth-order valence-corrected chi connectivity index (χ4v) is 1.71. The summed E-state index contributed by atoms with van der Waals surface area (Å²) in [6, 6.07) is 9.91. The lowest BCUT2D eigenvalue weighted by atomic mass is 9.99. The van der Waals surface area contributed by atoms with E-state index in [4.69, 9.17) is 0 Å². The highest BCUT2D eigenvalue weighted by molar-refractivity contribution is 6.07. The van der Waals surface area contributed by atoms with E-state index in [1.165, 1.54) is 18.3 Å². The van der Waals surface area contributed by atoms with Crippen molar-refractivity contribution in [3.8, 4) is 0 Å². The van der Waals surface area contributed by atoms with E-state index in [1.54, 1.807) is 12.1 Å². The highest BCUT2D eigenvalue weighted by atomic mass is 19.1. The Balaban J connectivity index is 2.32. The summed E-state index contributed by atoms with van der Waals surface area (Å²) in [6.45, 7) is 4.16. The Bertz CT molecular complexity index is 561. The van der Waals surface area contributed by atoms with Gasteiger partial charge in [-0.1, -0.05) is 38.1 Å². The van der Waals surface area contributed by atoms with Crippen LogP contribution in [-0.2, 0) is 0 Å². The van der Waals surface area contributed by atoms with Crippen molar-refractivity contribution in [3.63, 3.8) is 0 Å². The van der Waals surface area contributed by atoms with E-state index in [0.29, 0.717) is 11.5 Å². The first kappa shape index (κ1) is 12.4. The Kier molecular flexibility index (Phi) is 3.51. The maximum Gasteiger partial charge on any atom is 0.214 e. The summed E-state index contributed by atoms with van der Waals surface area (Å²) >= 11 is 0. The van der Waals surface area contributed by atoms with Crippen LogP contribution < -0.4 is 0 Å². The Labute approximate surface area is 105 Å². The van der Waals surface area contributed by atoms with Crippen LogP contribution in [0.25, 0.3) is 0 Å². The van der Waals surface area contributed by atoms with Crippen molar-refractivity contribution >= 4 is 5.78 Å². The average molecular weight is 243 g/mol. The molecule has 0 fully saturated rings. The average Bonchev–Trinajstić information content (AvgIpc) is 2.38. The van der Waals surface area contributed by atoms with Crippen molar-refractivity contribution in [1.29, 1.82) is 0 Å². The minimum absolute atomic E-state index is 0.130. The predicted molar refractivity (Wildman–Crippen MR) is 68.2 cm³/mol. The molecular weight excluding hydrogens is 229 g/mol. The topological polar surface area (TPSA) is 30.0 Å². The molecule has 2 nitrogen and oxygen atoms in total. The van der Waals surface area contributed by atoms with Gasteiger partial charge in [0.25, 0.3) is 0 Å². The molecule has 0 amide bonds. The number of halogens is 1. The molecule has 18 heavy (non-hydrogen) atoms. The van der Waals surface area contributed by atoms with Crippen LogP contribution in [0.15, 0.2) is 42.6 Å². The zero-order valence-electron chi connectivity index (χ0n) is 10.4. The number of rotatable bonds is 3. The zero-order chi connectivity index (χ0) is 13.1. The van der Waals surface area contributed by atoms with Crippen molar-refractivity contribution in [1.82, 2.24) is 4.98 Å². The van der Waals surface area contributed by atoms with Gasteiger partial charge in [-0.05, 0) is 23.6 Å². The van der Waals surface area contributed by atoms with E-state index >= 15 is 0 Å². The fraction of sp³-hybridized carbons (Fsp3) is 0.200. The van der Waals surface area contributed by atoms with E-state index in [9.17, 15) is 9.18 Å². The van der Waals surface area contributed by atoms with Gasteiger partial charge in [0.15, 0.2) is 5.82 Å². The lowest BCUT2D eigenvalue weighted by Gasteiger charge is -2.06. The van der Waals surface area contributed by atoms with Crippen molar-refractivity contribution in [3.05, 3.63) is 65.2 Å². The van der Waals surface area contributed by atoms with Gasteiger partial charge >= 0.3 is 0 Å². The van der Waals surface area contributed by atoms with Crippen LogP contribution in [0, 0.1) is 5.82 Å². The number of carbonyl (C=O) groups is 1. The van der Waals surface area contributed by atoms with Gasteiger partial charge in [-0.25, -0.2) is 9.37 Å². The Morgan fingerprint density at radius 1 is 1.17 bits per heavy atom. The van der Waals surface area contributed by atoms with Gasteiger partial charge < -0.3 is 0 Å². The SMILES string of the molecule is CC(C)c1ccc(C(=O)c2ncccc2F)cc1. The number of carbonyl (C=O) groups excluding carboxylic acids is 1. The third-order valence-corrected chi connectivity index (χ3v) is 2.81. The Morgan fingerprint density at radius 2 is 1.83 bits per heavy atom. The minimum Gasteiger partial charge on any atom is -0.287 e. The molecule has 0 bridgehead atoms. The molecule has 0 aliphatic carbocycles. The van der Waals surface area contributed by atoms with E-state index in [1.807, 2.05) is 12.1 Å². The summed E-state index contributed by atoms with van der Waals surface area (Å²) in [7, 11) is 0. The smallest absolute Gasteiger partial charge is 0.214 e. The molecule has 1 aromatic heterocycles. The molecule has 0 radical (unpaired) electrons. The number of hydrogen-bond donors (Lipinski definition) is 0. The molecule has 2 rings (SSSR count). The van der Waals surface area contributed by atoms with E-state index < -0.39 is 5.82 Å². The highest BCUT2D eigenvalue weighted by Crippen LogP contribution is 2.17. The van der Waals surface area contributed by atoms with Crippen molar-refractivity contribution in [2.75, 3.05) is 0 Å². The first-order valence-electron chi connectivity index (χ1n) is 5.84. The van der Waals surface area contributed by atoms with Crippen LogP contribution in [-0.4, -0.2) is 10.8 Å². The number of hydrogen-bond acceptors (Lipinski definition) is 2. The van der Waals surface area contributed by atoms with E-state index in [0.717, 1.165) is 5.56 Å². The minimum atomic E-state index is -0.588. The Hall–Kier alpha value is -2.03. The molecule has 0 spiro atoms. The Morgan fingerprint density at radius 3 is 2.39 bits per heavy atom. The first-order chi connectivity index (χ1) is 8.59. The third-order valence-electron chi connectivity index (χ3n) is 2.81. The molecule has 1 heterocycles. The summed E-state index contributed by atoms with van der Waals surface area (Å²) < 4.78 is 13.4. The summed E-state index contributed by atoms with van der Waals surface area (Å²) in [5, 5.41) is 0. The lowest BCUT2D eigenvalue weighted by molar-refractivity contribution is 0.103. The summed E-state index contributed by atoms with van der Waals surface area (Å²) in [5.74, 6) is -0.570. The lowest BCUT2D eigenvalue weighted by Crippen LogP contribution is -2.06. The number of aromatic nitrogens is 1. The maximum absolute atomic E-state index is 13.4. The summed E-state index contributed by atoms with van der Waals surface area (Å²) in [6.07, 6.45) is 1.42. The van der Waals surface area contributed by atoms with Gasteiger partial charge in [0, 0.05) is 11.8 Å². The first-order valence-corrected chi connectivity index (χ1v) is 5.84.